The van der Waals surface area contributed by atoms with E-state index in [1.807, 2.05) is 27.7 Å². The topological polar surface area (TPSA) is 75.8 Å². The lowest BCUT2D eigenvalue weighted by molar-refractivity contribution is -0.435. The van der Waals surface area contributed by atoms with Gasteiger partial charge in [0.25, 0.3) is 0 Å². The van der Waals surface area contributed by atoms with E-state index in [4.69, 9.17) is 11.0 Å². The number of nitrogens with two attached hydrogens (primary N) is 1. The van der Waals surface area contributed by atoms with Crippen LogP contribution in [0.15, 0.2) is 0 Å². The quantitative estimate of drug-likeness (QED) is 0.512. The van der Waals surface area contributed by atoms with Crippen molar-refractivity contribution in [2.45, 2.75) is 45.2 Å². The molecule has 1 heterocycles. The van der Waals surface area contributed by atoms with E-state index in [9.17, 15) is 4.79 Å². The highest BCUT2D eigenvalue weighted by molar-refractivity contribution is 5.78. The van der Waals surface area contributed by atoms with Crippen molar-refractivity contribution in [2.75, 3.05) is 0 Å². The predicted octanol–water partition coefficient (Wildman–Crippen LogP) is 0.755. The van der Waals surface area contributed by atoms with Crippen LogP contribution in [0, 0.1) is 5.92 Å². The van der Waals surface area contributed by atoms with Crippen LogP contribution >= 0.6 is 0 Å². The van der Waals surface area contributed by atoms with E-state index in [-0.39, 0.29) is 11.8 Å². The maximum atomic E-state index is 11.2. The van der Waals surface area contributed by atoms with E-state index >= 15 is 0 Å². The Balaban J connectivity index is 3.04. The van der Waals surface area contributed by atoms with Gasteiger partial charge in [0.2, 0.25) is 5.91 Å². The molecule has 5 heteroatoms. The molecule has 1 rings (SSSR count). The van der Waals surface area contributed by atoms with Crippen molar-refractivity contribution in [1.29, 1.82) is 0 Å². The monoisotopic (exact) mass is 202 g/mol. The van der Waals surface area contributed by atoms with E-state index in [1.165, 1.54) is 5.06 Å². The van der Waals surface area contributed by atoms with Crippen LogP contribution in [-0.2, 0) is 9.78 Å². The highest BCUT2D eigenvalue weighted by Gasteiger charge is 2.55. The van der Waals surface area contributed by atoms with Crippen LogP contribution in [0.2, 0.25) is 0 Å². The van der Waals surface area contributed by atoms with Gasteiger partial charge in [-0.05, 0) is 34.1 Å². The first-order valence-electron chi connectivity index (χ1n) is 4.64. The molecule has 0 aliphatic carbocycles. The van der Waals surface area contributed by atoms with Gasteiger partial charge in [-0.3, -0.25) is 4.79 Å². The number of primary amides is 1. The number of hydrogen-bond donors (Lipinski definition) is 2. The van der Waals surface area contributed by atoms with Gasteiger partial charge in [-0.1, -0.05) is 0 Å². The molecule has 1 fully saturated rings. The lowest BCUT2D eigenvalue weighted by atomic mass is 9.86. The Bertz CT molecular complexity index is 250. The molecule has 1 atom stereocenters. The Morgan fingerprint density at radius 3 is 2.21 bits per heavy atom. The van der Waals surface area contributed by atoms with Crippen molar-refractivity contribution >= 4 is 5.91 Å². The van der Waals surface area contributed by atoms with Crippen LogP contribution in [0.25, 0.3) is 0 Å². The standard InChI is InChI=1S/C9H18N2O3/c1-8(2)5-6(7(10)12)9(3,4)11(8)14-13/h6,13H,5H2,1-4H3,(H2,10,12). The zero-order chi connectivity index (χ0) is 11.1. The zero-order valence-electron chi connectivity index (χ0n) is 9.07. The molecule has 3 N–H and O–H groups in total. The number of hydrogen-bond acceptors (Lipinski definition) is 4. The Hall–Kier alpha value is -0.650. The third kappa shape index (κ3) is 1.51. The summed E-state index contributed by atoms with van der Waals surface area (Å²) in [6.07, 6.45) is 0.579. The first-order chi connectivity index (χ1) is 6.23. The third-order valence-corrected chi connectivity index (χ3v) is 3.05. The van der Waals surface area contributed by atoms with Crippen molar-refractivity contribution in [2.24, 2.45) is 11.7 Å². The third-order valence-electron chi connectivity index (χ3n) is 3.05. The average molecular weight is 202 g/mol. The summed E-state index contributed by atoms with van der Waals surface area (Å²) in [7, 11) is 0. The first-order valence-corrected chi connectivity index (χ1v) is 4.64. The fourth-order valence-electron chi connectivity index (χ4n) is 2.42. The van der Waals surface area contributed by atoms with Gasteiger partial charge in [0.15, 0.2) is 0 Å². The van der Waals surface area contributed by atoms with Crippen LogP contribution in [0.4, 0.5) is 0 Å². The van der Waals surface area contributed by atoms with Gasteiger partial charge < -0.3 is 5.73 Å². The lowest BCUT2D eigenvalue weighted by Gasteiger charge is -2.36. The van der Waals surface area contributed by atoms with Gasteiger partial charge in [0.1, 0.15) is 0 Å². The fourth-order valence-corrected chi connectivity index (χ4v) is 2.42. The van der Waals surface area contributed by atoms with Gasteiger partial charge in [0.05, 0.1) is 11.5 Å². The van der Waals surface area contributed by atoms with Crippen LogP contribution in [0.1, 0.15) is 34.1 Å². The van der Waals surface area contributed by atoms with Crippen molar-refractivity contribution in [3.05, 3.63) is 0 Å². The molecule has 0 saturated carbocycles. The van der Waals surface area contributed by atoms with Crippen LogP contribution in [-0.4, -0.2) is 27.3 Å². The smallest absolute Gasteiger partial charge is 0.222 e. The highest BCUT2D eigenvalue weighted by atomic mass is 17.2. The minimum Gasteiger partial charge on any atom is -0.369 e. The van der Waals surface area contributed by atoms with E-state index in [2.05, 4.69) is 4.99 Å². The molecule has 1 aliphatic rings. The normalized spacial score (nSPS) is 30.5. The summed E-state index contributed by atoms with van der Waals surface area (Å²) < 4.78 is 0. The number of rotatable bonds is 2. The zero-order valence-corrected chi connectivity index (χ0v) is 9.07. The molecule has 1 saturated heterocycles. The molecule has 0 aromatic carbocycles. The highest BCUT2D eigenvalue weighted by Crippen LogP contribution is 2.44. The second-order valence-electron chi connectivity index (χ2n) is 5.00. The van der Waals surface area contributed by atoms with Gasteiger partial charge in [0, 0.05) is 5.54 Å². The Morgan fingerprint density at radius 1 is 1.50 bits per heavy atom. The van der Waals surface area contributed by atoms with Crippen molar-refractivity contribution in [3.63, 3.8) is 0 Å². The molecule has 14 heavy (non-hydrogen) atoms. The van der Waals surface area contributed by atoms with E-state index in [1.54, 1.807) is 0 Å². The molecule has 1 amide bonds. The lowest BCUT2D eigenvalue weighted by Crippen LogP contribution is -2.50. The Labute approximate surface area is 83.7 Å². The predicted molar refractivity (Wildman–Crippen MR) is 51.0 cm³/mol. The van der Waals surface area contributed by atoms with Crippen LogP contribution in [0.5, 0.6) is 0 Å². The number of carbonyl (C=O) groups is 1. The summed E-state index contributed by atoms with van der Waals surface area (Å²) in [5, 5.41) is 10.2. The fraction of sp³-hybridized carbons (Fsp3) is 0.889. The molecular formula is C9H18N2O3. The van der Waals surface area contributed by atoms with Crippen molar-refractivity contribution in [1.82, 2.24) is 5.06 Å². The second-order valence-corrected chi connectivity index (χ2v) is 5.00. The summed E-state index contributed by atoms with van der Waals surface area (Å²) >= 11 is 0. The van der Waals surface area contributed by atoms with Gasteiger partial charge in [-0.15, -0.1) is 10.1 Å². The first kappa shape index (κ1) is 11.4. The summed E-state index contributed by atoms with van der Waals surface area (Å²) in [6.45, 7) is 7.45. The van der Waals surface area contributed by atoms with E-state index in [0.29, 0.717) is 6.42 Å². The minimum atomic E-state index is -0.579. The molecular weight excluding hydrogens is 184 g/mol. The SMILES string of the molecule is CC1(C)CC(C(N)=O)C(C)(C)N1OO. The number of nitrogens with zero attached hydrogens (tertiary/aromatic N) is 1. The van der Waals surface area contributed by atoms with Crippen molar-refractivity contribution in [3.8, 4) is 0 Å². The van der Waals surface area contributed by atoms with Gasteiger partial charge in [-0.2, -0.15) is 0 Å². The molecule has 1 aliphatic heterocycles. The second kappa shape index (κ2) is 3.18. The number of amides is 1. The Kier molecular flexibility index (Phi) is 2.60. The molecule has 0 bridgehead atoms. The number of hydroxylamine groups is 2. The molecule has 1 unspecified atom stereocenters. The molecule has 5 nitrogen and oxygen atoms in total. The van der Waals surface area contributed by atoms with Gasteiger partial charge >= 0.3 is 0 Å². The van der Waals surface area contributed by atoms with E-state index < -0.39 is 11.1 Å². The largest absolute Gasteiger partial charge is 0.369 e. The van der Waals surface area contributed by atoms with Gasteiger partial charge in [-0.25, -0.2) is 5.26 Å². The average Bonchev–Trinajstić information content (AvgIpc) is 2.17. The molecule has 0 spiro atoms. The summed E-state index contributed by atoms with van der Waals surface area (Å²) in [6, 6.07) is 0. The molecule has 0 radical (unpaired) electrons. The van der Waals surface area contributed by atoms with Crippen LogP contribution < -0.4 is 5.73 Å². The summed E-state index contributed by atoms with van der Waals surface area (Å²) in [4.78, 5) is 15.6. The minimum absolute atomic E-state index is 0.315. The van der Waals surface area contributed by atoms with Crippen molar-refractivity contribution < 1.29 is 15.0 Å². The van der Waals surface area contributed by atoms with Crippen LogP contribution in [0.3, 0.4) is 0 Å². The van der Waals surface area contributed by atoms with E-state index in [0.717, 1.165) is 0 Å². The molecule has 0 aromatic heterocycles. The molecule has 0 aromatic rings. The maximum Gasteiger partial charge on any atom is 0.222 e. The number of carbonyl (C=O) groups excluding carboxylic acids is 1. The summed E-state index contributed by atoms with van der Waals surface area (Å²) in [5.74, 6) is -0.674. The Morgan fingerprint density at radius 2 is 2.00 bits per heavy atom. The maximum absolute atomic E-state index is 11.2. The summed E-state index contributed by atoms with van der Waals surface area (Å²) in [5.41, 5.74) is 4.34. The molecule has 82 valence electrons.